The van der Waals surface area contributed by atoms with Gasteiger partial charge in [-0.15, -0.1) is 11.3 Å². The van der Waals surface area contributed by atoms with E-state index in [-0.39, 0.29) is 11.4 Å². The quantitative estimate of drug-likeness (QED) is 0.868. The highest BCUT2D eigenvalue weighted by atomic mass is 35.5. The highest BCUT2D eigenvalue weighted by Crippen LogP contribution is 2.35. The van der Waals surface area contributed by atoms with Gasteiger partial charge in [-0.3, -0.25) is 9.69 Å². The molecule has 23 heavy (non-hydrogen) atoms. The minimum atomic E-state index is -0.128. The molecule has 0 spiro atoms. The summed E-state index contributed by atoms with van der Waals surface area (Å²) < 4.78 is 6.49. The fourth-order valence-corrected chi connectivity index (χ4v) is 5.15. The van der Waals surface area contributed by atoms with E-state index in [9.17, 15) is 4.79 Å². The van der Waals surface area contributed by atoms with Crippen molar-refractivity contribution in [3.63, 3.8) is 0 Å². The van der Waals surface area contributed by atoms with Crippen molar-refractivity contribution in [1.29, 1.82) is 0 Å². The van der Waals surface area contributed by atoms with E-state index in [2.05, 4.69) is 10.2 Å². The van der Waals surface area contributed by atoms with Crippen LogP contribution in [0.1, 0.15) is 42.5 Å². The first-order valence-corrected chi connectivity index (χ1v) is 9.74. The van der Waals surface area contributed by atoms with Gasteiger partial charge in [0.15, 0.2) is 0 Å². The lowest BCUT2D eigenvalue weighted by molar-refractivity contribution is -0.0361. The molecule has 0 unspecified atom stereocenters. The van der Waals surface area contributed by atoms with Crippen LogP contribution >= 0.6 is 34.5 Å². The number of hydrogen-bond acceptors (Lipinski definition) is 4. The number of halogens is 2. The molecule has 2 aliphatic rings. The number of ether oxygens (including phenoxy) is 1. The van der Waals surface area contributed by atoms with Crippen molar-refractivity contribution in [2.75, 3.05) is 32.8 Å². The van der Waals surface area contributed by atoms with Crippen LogP contribution in [0.3, 0.4) is 0 Å². The molecule has 1 saturated carbocycles. The normalized spacial score (nSPS) is 22.0. The number of carbonyl (C=O) groups excluding carboxylic acids is 1. The van der Waals surface area contributed by atoms with Crippen LogP contribution in [-0.2, 0) is 4.74 Å². The Balaban J connectivity index is 1.68. The lowest BCUT2D eigenvalue weighted by Gasteiger charge is -2.48. The van der Waals surface area contributed by atoms with Gasteiger partial charge in [-0.1, -0.05) is 42.5 Å². The first-order valence-electron chi connectivity index (χ1n) is 8.17. The van der Waals surface area contributed by atoms with Crippen LogP contribution < -0.4 is 5.32 Å². The van der Waals surface area contributed by atoms with E-state index in [1.54, 1.807) is 6.07 Å². The van der Waals surface area contributed by atoms with Gasteiger partial charge in [0.1, 0.15) is 4.34 Å². The van der Waals surface area contributed by atoms with Crippen LogP contribution in [0.15, 0.2) is 6.07 Å². The zero-order valence-corrected chi connectivity index (χ0v) is 15.4. The van der Waals surface area contributed by atoms with Gasteiger partial charge in [0.25, 0.3) is 5.91 Å². The molecular weight excluding hydrogens is 355 g/mol. The number of amides is 1. The molecule has 7 heteroatoms. The predicted octanol–water partition coefficient (Wildman–Crippen LogP) is 3.82. The molecule has 1 saturated heterocycles. The number of rotatable bonds is 4. The van der Waals surface area contributed by atoms with Crippen LogP contribution in [-0.4, -0.2) is 49.2 Å². The lowest BCUT2D eigenvalue weighted by Crippen LogP contribution is -2.59. The number of carbonyl (C=O) groups is 1. The monoisotopic (exact) mass is 376 g/mol. The molecular formula is C16H22Cl2N2O2S. The molecule has 0 aromatic carbocycles. The average molecular weight is 377 g/mol. The Bertz CT molecular complexity index is 552. The standard InChI is InChI=1S/C16H22Cl2N2O2S/c17-13-10-12(14(18)23-13)15(21)19-11-16(4-2-1-3-5-16)20-6-8-22-9-7-20/h10H,1-9,11H2,(H,19,21). The van der Waals surface area contributed by atoms with Crippen molar-refractivity contribution in [1.82, 2.24) is 10.2 Å². The second-order valence-electron chi connectivity index (χ2n) is 6.30. The molecule has 0 radical (unpaired) electrons. The number of hydrogen-bond donors (Lipinski definition) is 1. The van der Waals surface area contributed by atoms with E-state index in [0.29, 0.717) is 20.8 Å². The van der Waals surface area contributed by atoms with Crippen molar-refractivity contribution in [3.05, 3.63) is 20.3 Å². The SMILES string of the molecule is O=C(NCC1(N2CCOCC2)CCCCC1)c1cc(Cl)sc1Cl. The van der Waals surface area contributed by atoms with Gasteiger partial charge in [-0.2, -0.15) is 0 Å². The Labute approximate surface area is 151 Å². The second kappa shape index (κ2) is 7.70. The summed E-state index contributed by atoms with van der Waals surface area (Å²) >= 11 is 13.3. The fraction of sp³-hybridized carbons (Fsp3) is 0.688. The Morgan fingerprint density at radius 2 is 1.96 bits per heavy atom. The minimum Gasteiger partial charge on any atom is -0.379 e. The summed E-state index contributed by atoms with van der Waals surface area (Å²) in [4.78, 5) is 15.0. The molecule has 2 fully saturated rings. The summed E-state index contributed by atoms with van der Waals surface area (Å²) in [6, 6.07) is 1.65. The molecule has 2 heterocycles. The van der Waals surface area contributed by atoms with Gasteiger partial charge in [0.05, 0.1) is 23.1 Å². The van der Waals surface area contributed by atoms with Crippen LogP contribution in [0.25, 0.3) is 0 Å². The molecule has 1 aromatic heterocycles. The summed E-state index contributed by atoms with van der Waals surface area (Å²) in [5.41, 5.74) is 0.541. The van der Waals surface area contributed by atoms with Gasteiger partial charge in [-0.25, -0.2) is 0 Å². The van der Waals surface area contributed by atoms with Gasteiger partial charge < -0.3 is 10.1 Å². The molecule has 0 bridgehead atoms. The molecule has 1 N–H and O–H groups in total. The van der Waals surface area contributed by atoms with Crippen molar-refractivity contribution in [2.24, 2.45) is 0 Å². The highest BCUT2D eigenvalue weighted by molar-refractivity contribution is 7.20. The molecule has 1 amide bonds. The van der Waals surface area contributed by atoms with Gasteiger partial charge in [0, 0.05) is 25.2 Å². The summed E-state index contributed by atoms with van der Waals surface area (Å²) in [6.45, 7) is 4.11. The van der Waals surface area contributed by atoms with Crippen LogP contribution in [0.5, 0.6) is 0 Å². The Morgan fingerprint density at radius 3 is 2.57 bits per heavy atom. The van der Waals surface area contributed by atoms with Gasteiger partial charge in [0.2, 0.25) is 0 Å². The van der Waals surface area contributed by atoms with E-state index in [4.69, 9.17) is 27.9 Å². The molecule has 1 aromatic rings. The van der Waals surface area contributed by atoms with E-state index < -0.39 is 0 Å². The fourth-order valence-electron chi connectivity index (χ4n) is 3.69. The number of nitrogens with zero attached hydrogens (tertiary/aromatic N) is 1. The summed E-state index contributed by atoms with van der Waals surface area (Å²) in [5.74, 6) is -0.128. The Morgan fingerprint density at radius 1 is 1.26 bits per heavy atom. The van der Waals surface area contributed by atoms with Gasteiger partial charge >= 0.3 is 0 Å². The van der Waals surface area contributed by atoms with Crippen molar-refractivity contribution >= 4 is 40.4 Å². The Kier molecular flexibility index (Phi) is 5.86. The molecule has 3 rings (SSSR count). The molecule has 1 aliphatic heterocycles. The summed E-state index contributed by atoms with van der Waals surface area (Å²) in [6.07, 6.45) is 5.99. The summed E-state index contributed by atoms with van der Waals surface area (Å²) in [7, 11) is 0. The van der Waals surface area contributed by atoms with Crippen molar-refractivity contribution < 1.29 is 9.53 Å². The van der Waals surface area contributed by atoms with Crippen LogP contribution in [0.4, 0.5) is 0 Å². The maximum Gasteiger partial charge on any atom is 0.253 e. The zero-order valence-electron chi connectivity index (χ0n) is 13.1. The zero-order chi connectivity index (χ0) is 16.3. The van der Waals surface area contributed by atoms with Crippen LogP contribution in [0, 0.1) is 0 Å². The third-order valence-corrected chi connectivity index (χ3v) is 6.43. The number of morpholine rings is 1. The third-order valence-electron chi connectivity index (χ3n) is 4.95. The second-order valence-corrected chi connectivity index (χ2v) is 8.59. The molecule has 4 nitrogen and oxygen atoms in total. The highest BCUT2D eigenvalue weighted by Gasteiger charge is 2.39. The number of nitrogens with one attached hydrogen (secondary N) is 1. The molecule has 128 valence electrons. The first-order chi connectivity index (χ1) is 11.1. The van der Waals surface area contributed by atoms with E-state index in [1.165, 1.54) is 30.6 Å². The van der Waals surface area contributed by atoms with Gasteiger partial charge in [-0.05, 0) is 18.9 Å². The van der Waals surface area contributed by atoms with Crippen LogP contribution in [0.2, 0.25) is 8.67 Å². The lowest BCUT2D eigenvalue weighted by atomic mass is 9.79. The van der Waals surface area contributed by atoms with Crippen molar-refractivity contribution in [2.45, 2.75) is 37.6 Å². The third kappa shape index (κ3) is 4.02. The first kappa shape index (κ1) is 17.5. The predicted molar refractivity (Wildman–Crippen MR) is 94.9 cm³/mol. The minimum absolute atomic E-state index is 0.0595. The summed E-state index contributed by atoms with van der Waals surface area (Å²) in [5, 5.41) is 3.10. The topological polar surface area (TPSA) is 41.6 Å². The van der Waals surface area contributed by atoms with E-state index >= 15 is 0 Å². The largest absolute Gasteiger partial charge is 0.379 e. The molecule has 1 aliphatic carbocycles. The average Bonchev–Trinajstić information content (AvgIpc) is 2.93. The van der Waals surface area contributed by atoms with Crippen molar-refractivity contribution in [3.8, 4) is 0 Å². The maximum absolute atomic E-state index is 12.5. The smallest absolute Gasteiger partial charge is 0.253 e. The van der Waals surface area contributed by atoms with E-state index in [1.807, 2.05) is 0 Å². The maximum atomic E-state index is 12.5. The Hall–Kier alpha value is -0.330. The van der Waals surface area contributed by atoms with E-state index in [0.717, 1.165) is 39.1 Å². The number of thiophene rings is 1. The molecule has 0 atom stereocenters.